The third-order valence-corrected chi connectivity index (χ3v) is 8.33. The largest absolute Gasteiger partial charge is 0.343 e. The van der Waals surface area contributed by atoms with Crippen LogP contribution in [0, 0.1) is 0 Å². The second-order valence-electron chi connectivity index (χ2n) is 11.8. The van der Waals surface area contributed by atoms with E-state index in [1.807, 2.05) is 18.2 Å². The van der Waals surface area contributed by atoms with Gasteiger partial charge in [0.15, 0.2) is 0 Å². The van der Waals surface area contributed by atoms with Crippen molar-refractivity contribution in [2.24, 2.45) is 4.99 Å². The minimum absolute atomic E-state index is 0.00929. The molecule has 1 aromatic carbocycles. The number of anilines is 2. The number of carbonyl (C=O) groups excluding carboxylic acids is 5. The maximum atomic E-state index is 13.7. The van der Waals surface area contributed by atoms with Gasteiger partial charge in [-0.2, -0.15) is 0 Å². The fourth-order valence-corrected chi connectivity index (χ4v) is 5.83. The van der Waals surface area contributed by atoms with Gasteiger partial charge in [0.1, 0.15) is 11.7 Å². The van der Waals surface area contributed by atoms with Crippen molar-refractivity contribution in [1.82, 2.24) is 25.0 Å². The zero-order chi connectivity index (χ0) is 32.1. The minimum atomic E-state index is -0.817. The van der Waals surface area contributed by atoms with Gasteiger partial charge in [-0.25, -0.2) is 4.99 Å². The number of likely N-dealkylation sites (tertiary alicyclic amines) is 2. The highest BCUT2D eigenvalue weighted by Crippen LogP contribution is 2.31. The molecule has 2 N–H and O–H groups in total. The average Bonchev–Trinajstić information content (AvgIpc) is 3.68. The number of carbonyl (C=O) groups is 5. The average molecular weight is 617 g/mol. The summed E-state index contributed by atoms with van der Waals surface area (Å²) < 4.78 is 0. The van der Waals surface area contributed by atoms with E-state index in [1.54, 1.807) is 28.8 Å². The molecule has 2 fully saturated rings. The smallest absolute Gasteiger partial charge is 0.271 e. The maximum absolute atomic E-state index is 13.7. The van der Waals surface area contributed by atoms with Gasteiger partial charge >= 0.3 is 0 Å². The van der Waals surface area contributed by atoms with Crippen LogP contribution in [0.15, 0.2) is 41.5 Å². The number of pyridine rings is 1. The molecule has 1 aromatic heterocycles. The molecule has 5 rings (SSSR count). The number of hydrogen-bond acceptors (Lipinski definition) is 7. The number of nitrogens with zero attached hydrogens (tertiary/aromatic N) is 6. The van der Waals surface area contributed by atoms with Crippen LogP contribution in [-0.4, -0.2) is 108 Å². The van der Waals surface area contributed by atoms with Crippen molar-refractivity contribution in [1.29, 1.82) is 0 Å². The third-order valence-electron chi connectivity index (χ3n) is 8.33. The highest BCUT2D eigenvalue weighted by atomic mass is 16.2. The predicted octanol–water partition coefficient (Wildman–Crippen LogP) is 1.89. The Hall–Kier alpha value is -4.81. The first-order valence-corrected chi connectivity index (χ1v) is 15.4. The zero-order valence-electron chi connectivity index (χ0n) is 26.0. The molecule has 2 aromatic rings. The van der Waals surface area contributed by atoms with Gasteiger partial charge in [-0.1, -0.05) is 6.07 Å². The minimum Gasteiger partial charge on any atom is -0.343 e. The molecule has 0 saturated carbocycles. The van der Waals surface area contributed by atoms with Crippen LogP contribution in [0.25, 0.3) is 0 Å². The first-order chi connectivity index (χ1) is 21.6. The molecule has 2 saturated heterocycles. The van der Waals surface area contributed by atoms with E-state index in [9.17, 15) is 24.0 Å². The van der Waals surface area contributed by atoms with E-state index in [1.165, 1.54) is 30.2 Å². The summed E-state index contributed by atoms with van der Waals surface area (Å²) in [4.78, 5) is 79.7. The van der Waals surface area contributed by atoms with Crippen LogP contribution in [-0.2, 0) is 20.8 Å². The Kier molecular flexibility index (Phi) is 9.74. The number of rotatable bonds is 6. The van der Waals surface area contributed by atoms with Crippen molar-refractivity contribution in [3.05, 3.63) is 53.3 Å². The normalized spacial score (nSPS) is 18.4. The van der Waals surface area contributed by atoms with Crippen LogP contribution >= 0.6 is 0 Å². The fraction of sp³-hybridized carbons (Fsp3) is 0.469. The van der Waals surface area contributed by atoms with Crippen LogP contribution < -0.4 is 15.5 Å². The highest BCUT2D eigenvalue weighted by Gasteiger charge is 2.31. The van der Waals surface area contributed by atoms with Crippen molar-refractivity contribution in [3.63, 3.8) is 0 Å². The molecule has 0 aliphatic carbocycles. The van der Waals surface area contributed by atoms with Crippen LogP contribution in [0.5, 0.6) is 0 Å². The summed E-state index contributed by atoms with van der Waals surface area (Å²) in [7, 11) is 3.23. The van der Waals surface area contributed by atoms with Crippen molar-refractivity contribution >= 4 is 46.9 Å². The van der Waals surface area contributed by atoms with Crippen LogP contribution in [0.3, 0.4) is 0 Å². The van der Waals surface area contributed by atoms with E-state index < -0.39 is 11.9 Å². The lowest BCUT2D eigenvalue weighted by Gasteiger charge is -2.25. The van der Waals surface area contributed by atoms with Crippen LogP contribution in [0.4, 0.5) is 11.4 Å². The van der Waals surface area contributed by atoms with E-state index in [2.05, 4.69) is 15.6 Å². The van der Waals surface area contributed by atoms with E-state index >= 15 is 0 Å². The number of fused-ring (bicyclic) bond motifs is 1. The number of nitrogens with one attached hydrogen (secondary N) is 2. The van der Waals surface area contributed by atoms with E-state index in [4.69, 9.17) is 4.99 Å². The lowest BCUT2D eigenvalue weighted by molar-refractivity contribution is -0.140. The van der Waals surface area contributed by atoms with E-state index in [0.29, 0.717) is 38.3 Å². The second kappa shape index (κ2) is 13.9. The van der Waals surface area contributed by atoms with Gasteiger partial charge in [0, 0.05) is 64.8 Å². The Morgan fingerprint density at radius 1 is 1.00 bits per heavy atom. The lowest BCUT2D eigenvalue weighted by atomic mass is 10.1. The topological polar surface area (TPSA) is 148 Å². The van der Waals surface area contributed by atoms with Gasteiger partial charge in [-0.15, -0.1) is 0 Å². The van der Waals surface area contributed by atoms with Gasteiger partial charge in [-0.05, 0) is 68.4 Å². The van der Waals surface area contributed by atoms with E-state index in [-0.39, 0.29) is 47.4 Å². The number of benzene rings is 1. The first kappa shape index (κ1) is 31.6. The number of aromatic nitrogens is 1. The Morgan fingerprint density at radius 2 is 1.76 bits per heavy atom. The second-order valence-corrected chi connectivity index (χ2v) is 11.8. The van der Waals surface area contributed by atoms with Gasteiger partial charge in [0.2, 0.25) is 23.7 Å². The molecule has 13 nitrogen and oxygen atoms in total. The van der Waals surface area contributed by atoms with Crippen molar-refractivity contribution in [2.45, 2.75) is 51.5 Å². The van der Waals surface area contributed by atoms with Gasteiger partial charge in [-0.3, -0.25) is 34.3 Å². The Labute approximate surface area is 262 Å². The Morgan fingerprint density at radius 3 is 2.44 bits per heavy atom. The fourth-order valence-electron chi connectivity index (χ4n) is 5.83. The number of amides is 5. The van der Waals surface area contributed by atoms with Crippen molar-refractivity contribution < 1.29 is 24.0 Å². The summed E-state index contributed by atoms with van der Waals surface area (Å²) in [6.45, 7) is 4.01. The molecule has 4 heterocycles. The highest BCUT2D eigenvalue weighted by molar-refractivity contribution is 6.11. The molecule has 1 atom stereocenters. The van der Waals surface area contributed by atoms with Gasteiger partial charge in [0.05, 0.1) is 12.1 Å². The number of hydrogen-bond donors (Lipinski definition) is 2. The Balaban J connectivity index is 1.40. The summed E-state index contributed by atoms with van der Waals surface area (Å²) in [5.41, 5.74) is 2.79. The van der Waals surface area contributed by atoms with Crippen LogP contribution in [0.2, 0.25) is 0 Å². The molecular formula is C32H40N8O5. The summed E-state index contributed by atoms with van der Waals surface area (Å²) in [6, 6.07) is 7.74. The molecule has 0 spiro atoms. The standard InChI is InChI=1S/C32H40N8O5/c1-21(41)40-17-13-22-9-11-24(18-27(22)40)34-32(36-29(43)23-10-12-25(33-19-23)30(44)37(2)3)35-26-8-4-5-16-39(31(26)45)20-28(42)38-14-6-7-15-38/h9-12,18-19,26H,4-8,13-17,20H2,1-3H3,(H2,34,35,36,43). The molecule has 3 aliphatic rings. The van der Waals surface area contributed by atoms with Gasteiger partial charge in [0.25, 0.3) is 11.8 Å². The first-order valence-electron chi connectivity index (χ1n) is 15.4. The van der Waals surface area contributed by atoms with Gasteiger partial charge < -0.3 is 24.9 Å². The summed E-state index contributed by atoms with van der Waals surface area (Å²) in [5, 5.41) is 5.94. The van der Waals surface area contributed by atoms with Crippen molar-refractivity contribution in [3.8, 4) is 0 Å². The molecule has 238 valence electrons. The summed E-state index contributed by atoms with van der Waals surface area (Å²) >= 11 is 0. The molecule has 0 radical (unpaired) electrons. The monoisotopic (exact) mass is 616 g/mol. The molecule has 0 bridgehead atoms. The molecule has 13 heteroatoms. The SMILES string of the molecule is CC(=O)N1CCc2ccc(NC(=NC3CCCCN(CC(=O)N4CCCC4)C3=O)NC(=O)c3ccc(C(=O)N(C)C)nc3)cc21. The zero-order valence-corrected chi connectivity index (χ0v) is 26.0. The lowest BCUT2D eigenvalue weighted by Crippen LogP contribution is -2.45. The predicted molar refractivity (Wildman–Crippen MR) is 169 cm³/mol. The molecule has 5 amide bonds. The van der Waals surface area contributed by atoms with Crippen LogP contribution in [0.1, 0.15) is 65.4 Å². The number of aliphatic imine (C=N–C) groups is 1. The Bertz CT molecular complexity index is 1500. The maximum Gasteiger partial charge on any atom is 0.271 e. The quantitative estimate of drug-likeness (QED) is 0.372. The van der Waals surface area contributed by atoms with Crippen molar-refractivity contribution in [2.75, 3.05) is 57.0 Å². The molecule has 1 unspecified atom stereocenters. The number of guanidine groups is 1. The molecular weight excluding hydrogens is 576 g/mol. The molecule has 45 heavy (non-hydrogen) atoms. The third kappa shape index (κ3) is 7.47. The summed E-state index contributed by atoms with van der Waals surface area (Å²) in [6.07, 6.45) is 5.93. The van der Waals surface area contributed by atoms with E-state index in [0.717, 1.165) is 43.4 Å². The molecule has 3 aliphatic heterocycles. The summed E-state index contributed by atoms with van der Waals surface area (Å²) in [5.74, 6) is -1.17.